The van der Waals surface area contributed by atoms with Crippen LogP contribution in [0.25, 0.3) is 11.0 Å². The zero-order valence-electron chi connectivity index (χ0n) is 17.4. The predicted molar refractivity (Wildman–Crippen MR) is 115 cm³/mol. The number of carbonyl (C=O) groups excluding carboxylic acids is 1. The fourth-order valence-electron chi connectivity index (χ4n) is 3.44. The van der Waals surface area contributed by atoms with Crippen molar-refractivity contribution in [2.75, 3.05) is 20.3 Å². The van der Waals surface area contributed by atoms with E-state index in [9.17, 15) is 19.2 Å². The first kappa shape index (κ1) is 21.7. The van der Waals surface area contributed by atoms with Crippen LogP contribution in [-0.2, 0) is 32.4 Å². The van der Waals surface area contributed by atoms with Gasteiger partial charge >= 0.3 is 5.69 Å². The normalized spacial score (nSPS) is 11.2. The molecule has 3 heterocycles. The highest BCUT2D eigenvalue weighted by molar-refractivity contribution is 7.09. The van der Waals surface area contributed by atoms with Gasteiger partial charge in [0.25, 0.3) is 17.0 Å². The van der Waals surface area contributed by atoms with E-state index in [1.54, 1.807) is 12.0 Å². The molecule has 3 aromatic rings. The Hall–Kier alpha value is -2.98. The van der Waals surface area contributed by atoms with Gasteiger partial charge in [0.15, 0.2) is 0 Å². The van der Waals surface area contributed by atoms with Crippen LogP contribution in [0.1, 0.15) is 21.7 Å². The number of hydrogen-bond donors (Lipinski definition) is 0. The van der Waals surface area contributed by atoms with Crippen LogP contribution in [0.5, 0.6) is 0 Å². The van der Waals surface area contributed by atoms with Crippen molar-refractivity contribution in [2.45, 2.75) is 13.0 Å². The number of nitrogens with zero attached hydrogens (tertiary/aromatic N) is 4. The highest BCUT2D eigenvalue weighted by Gasteiger charge is 2.24. The highest BCUT2D eigenvalue weighted by atomic mass is 32.1. The second-order valence-corrected chi connectivity index (χ2v) is 8.04. The van der Waals surface area contributed by atoms with E-state index in [1.807, 2.05) is 17.5 Å². The minimum atomic E-state index is -0.611. The molecule has 0 aliphatic carbocycles. The second kappa shape index (κ2) is 8.80. The van der Waals surface area contributed by atoms with Gasteiger partial charge in [0.1, 0.15) is 5.65 Å². The number of hydrogen-bond acceptors (Lipinski definition) is 6. The molecule has 0 bridgehead atoms. The summed E-state index contributed by atoms with van der Waals surface area (Å²) >= 11 is 1.52. The SMILES string of the molecule is COCCCN(Cc1cccs1)C(=O)c1cc(=O)n(C)c2c1c(=O)n(C)c(=O)n2C. The fourth-order valence-corrected chi connectivity index (χ4v) is 4.16. The lowest BCUT2D eigenvalue weighted by Gasteiger charge is -2.23. The third kappa shape index (κ3) is 3.88. The number of rotatable bonds is 7. The number of carbonyl (C=O) groups is 1. The van der Waals surface area contributed by atoms with Crippen molar-refractivity contribution < 1.29 is 9.53 Å². The van der Waals surface area contributed by atoms with Crippen LogP contribution in [-0.4, -0.2) is 44.8 Å². The molecule has 0 radical (unpaired) electrons. The maximum absolute atomic E-state index is 13.5. The summed E-state index contributed by atoms with van der Waals surface area (Å²) in [5, 5.41) is 1.97. The average Bonchev–Trinajstić information content (AvgIpc) is 3.24. The van der Waals surface area contributed by atoms with Gasteiger partial charge < -0.3 is 9.64 Å². The molecule has 0 aromatic carbocycles. The molecule has 0 spiro atoms. The Balaban J connectivity index is 2.21. The van der Waals surface area contributed by atoms with Crippen molar-refractivity contribution in [1.29, 1.82) is 0 Å². The van der Waals surface area contributed by atoms with Gasteiger partial charge in [-0.05, 0) is 17.9 Å². The van der Waals surface area contributed by atoms with Gasteiger partial charge in [-0.1, -0.05) is 6.07 Å². The first-order chi connectivity index (χ1) is 14.3. The zero-order chi connectivity index (χ0) is 22.0. The van der Waals surface area contributed by atoms with Crippen LogP contribution >= 0.6 is 11.3 Å². The quantitative estimate of drug-likeness (QED) is 0.512. The lowest BCUT2D eigenvalue weighted by Crippen LogP contribution is -2.41. The monoisotopic (exact) mass is 432 g/mol. The Labute approximate surface area is 176 Å². The van der Waals surface area contributed by atoms with E-state index in [-0.39, 0.29) is 16.6 Å². The summed E-state index contributed by atoms with van der Waals surface area (Å²) in [5.74, 6) is -0.432. The number of aromatic nitrogens is 3. The number of pyridine rings is 1. The topological polar surface area (TPSA) is 95.5 Å². The third-order valence-corrected chi connectivity index (χ3v) is 5.90. The molecule has 0 N–H and O–H groups in total. The summed E-state index contributed by atoms with van der Waals surface area (Å²) in [5.41, 5.74) is -1.53. The molecule has 3 aromatic heterocycles. The molecule has 0 aliphatic rings. The van der Waals surface area contributed by atoms with E-state index < -0.39 is 22.7 Å². The molecule has 0 saturated carbocycles. The molecule has 3 rings (SSSR count). The van der Waals surface area contributed by atoms with E-state index in [4.69, 9.17) is 4.74 Å². The second-order valence-electron chi connectivity index (χ2n) is 7.01. The van der Waals surface area contributed by atoms with Crippen molar-refractivity contribution in [3.63, 3.8) is 0 Å². The molecule has 0 saturated heterocycles. The van der Waals surface area contributed by atoms with Crippen molar-refractivity contribution >= 4 is 28.3 Å². The van der Waals surface area contributed by atoms with Crippen molar-refractivity contribution in [3.8, 4) is 0 Å². The van der Waals surface area contributed by atoms with E-state index in [2.05, 4.69) is 0 Å². The van der Waals surface area contributed by atoms with E-state index in [0.717, 1.165) is 9.44 Å². The number of ether oxygens (including phenoxy) is 1. The average molecular weight is 433 g/mol. The standard InChI is InChI=1S/C20H24N4O5S/c1-21-15(25)11-14(16-17(21)22(2)20(28)23(3)19(16)27)18(26)24(8-6-9-29-4)12-13-7-5-10-30-13/h5,7,10-11H,6,8-9,12H2,1-4H3. The Morgan fingerprint density at radius 1 is 1.13 bits per heavy atom. The maximum atomic E-state index is 13.5. The van der Waals surface area contributed by atoms with Gasteiger partial charge in [0.2, 0.25) is 0 Å². The van der Waals surface area contributed by atoms with E-state index >= 15 is 0 Å². The Morgan fingerprint density at radius 2 is 1.87 bits per heavy atom. The van der Waals surface area contributed by atoms with Crippen LogP contribution in [0.2, 0.25) is 0 Å². The molecule has 30 heavy (non-hydrogen) atoms. The summed E-state index contributed by atoms with van der Waals surface area (Å²) < 4.78 is 8.47. The van der Waals surface area contributed by atoms with Crippen molar-refractivity contribution in [3.05, 3.63) is 65.2 Å². The highest BCUT2D eigenvalue weighted by Crippen LogP contribution is 2.18. The van der Waals surface area contributed by atoms with Crippen LogP contribution in [0, 0.1) is 0 Å². The third-order valence-electron chi connectivity index (χ3n) is 5.04. The first-order valence-electron chi connectivity index (χ1n) is 9.38. The largest absolute Gasteiger partial charge is 0.385 e. The Bertz CT molecular complexity index is 1250. The fraction of sp³-hybridized carbons (Fsp3) is 0.400. The molecule has 10 heteroatoms. The van der Waals surface area contributed by atoms with Crippen molar-refractivity contribution in [1.82, 2.24) is 18.6 Å². The van der Waals surface area contributed by atoms with E-state index in [0.29, 0.717) is 26.1 Å². The van der Waals surface area contributed by atoms with Crippen LogP contribution in [0.15, 0.2) is 38.0 Å². The molecule has 0 unspecified atom stereocenters. The zero-order valence-corrected chi connectivity index (χ0v) is 18.2. The minimum Gasteiger partial charge on any atom is -0.385 e. The van der Waals surface area contributed by atoms with Gasteiger partial charge in [-0.3, -0.25) is 28.1 Å². The summed E-state index contributed by atoms with van der Waals surface area (Å²) in [6.45, 7) is 1.22. The molecular formula is C20H24N4O5S. The number of aryl methyl sites for hydroxylation is 2. The minimum absolute atomic E-state index is 0.00160. The van der Waals surface area contributed by atoms with E-state index in [1.165, 1.54) is 47.7 Å². The van der Waals surface area contributed by atoms with Crippen molar-refractivity contribution in [2.24, 2.45) is 21.1 Å². The molecule has 0 fully saturated rings. The van der Waals surface area contributed by atoms with Gasteiger partial charge in [-0.2, -0.15) is 0 Å². The van der Waals surface area contributed by atoms with Gasteiger partial charge in [-0.15, -0.1) is 11.3 Å². The molecule has 160 valence electrons. The summed E-state index contributed by atoms with van der Waals surface area (Å²) in [6, 6.07) is 5.00. The van der Waals surface area contributed by atoms with Crippen LogP contribution in [0.4, 0.5) is 0 Å². The summed E-state index contributed by atoms with van der Waals surface area (Å²) in [7, 11) is 5.88. The Morgan fingerprint density at radius 3 is 2.50 bits per heavy atom. The molecule has 0 atom stereocenters. The van der Waals surface area contributed by atoms with Gasteiger partial charge in [-0.25, -0.2) is 4.79 Å². The lowest BCUT2D eigenvalue weighted by atomic mass is 10.1. The number of fused-ring (bicyclic) bond motifs is 1. The van der Waals surface area contributed by atoms with Gasteiger partial charge in [0, 0.05) is 52.3 Å². The molecular weight excluding hydrogens is 408 g/mol. The van der Waals surface area contributed by atoms with Gasteiger partial charge in [0.05, 0.1) is 17.5 Å². The number of amides is 1. The first-order valence-corrected chi connectivity index (χ1v) is 10.3. The Kier molecular flexibility index (Phi) is 6.37. The molecule has 0 aliphatic heterocycles. The molecule has 1 amide bonds. The predicted octanol–water partition coefficient (Wildman–Crippen LogP) is 0.676. The van der Waals surface area contributed by atoms with Crippen LogP contribution < -0.4 is 16.8 Å². The lowest BCUT2D eigenvalue weighted by molar-refractivity contribution is 0.0727. The maximum Gasteiger partial charge on any atom is 0.332 e. The number of thiophene rings is 1. The number of methoxy groups -OCH3 is 1. The molecule has 9 nitrogen and oxygen atoms in total. The summed E-state index contributed by atoms with van der Waals surface area (Å²) in [6.07, 6.45) is 0.604. The smallest absolute Gasteiger partial charge is 0.332 e. The summed E-state index contributed by atoms with van der Waals surface area (Å²) in [4.78, 5) is 54.0. The van der Waals surface area contributed by atoms with Crippen LogP contribution in [0.3, 0.4) is 0 Å².